The Morgan fingerprint density at radius 3 is 3.06 bits per heavy atom. The van der Waals surface area contributed by atoms with Gasteiger partial charge in [0.15, 0.2) is 0 Å². The zero-order valence-electron chi connectivity index (χ0n) is 10.8. The Morgan fingerprint density at radius 2 is 2.24 bits per heavy atom. The Hall–Kier alpha value is -1.06. The van der Waals surface area contributed by atoms with E-state index in [-0.39, 0.29) is 0 Å². The highest BCUT2D eigenvalue weighted by Gasteiger charge is 2.17. The van der Waals surface area contributed by atoms with E-state index in [0.717, 1.165) is 31.9 Å². The maximum atomic E-state index is 5.41. The third-order valence-electron chi connectivity index (χ3n) is 3.43. The zero-order valence-corrected chi connectivity index (χ0v) is 10.8. The minimum absolute atomic E-state index is 0.586. The molecule has 0 aromatic heterocycles. The van der Waals surface area contributed by atoms with Crippen LogP contribution in [0.15, 0.2) is 24.3 Å². The average molecular weight is 234 g/mol. The molecule has 1 atom stereocenters. The van der Waals surface area contributed by atoms with Gasteiger partial charge in [-0.05, 0) is 26.0 Å². The molecular formula is C14H22N2O. The number of hydrogen-bond donors (Lipinski definition) is 1. The summed E-state index contributed by atoms with van der Waals surface area (Å²) in [6.07, 6.45) is 1.22. The minimum atomic E-state index is 0.586. The molecular weight excluding hydrogens is 212 g/mol. The second-order valence-corrected chi connectivity index (χ2v) is 4.69. The Bertz CT molecular complexity index is 354. The zero-order chi connectivity index (χ0) is 12.1. The van der Waals surface area contributed by atoms with Crippen molar-refractivity contribution in [3.05, 3.63) is 29.8 Å². The minimum Gasteiger partial charge on any atom is -0.496 e. The summed E-state index contributed by atoms with van der Waals surface area (Å²) >= 11 is 0. The van der Waals surface area contributed by atoms with Gasteiger partial charge in [-0.3, -0.25) is 4.90 Å². The molecule has 1 heterocycles. The molecule has 2 rings (SSSR count). The molecule has 1 aliphatic rings. The number of nitrogens with zero attached hydrogens (tertiary/aromatic N) is 1. The highest BCUT2D eigenvalue weighted by molar-refractivity contribution is 5.33. The van der Waals surface area contributed by atoms with E-state index in [9.17, 15) is 0 Å². The Labute approximate surface area is 104 Å². The molecule has 3 heteroatoms. The molecule has 0 saturated carbocycles. The van der Waals surface area contributed by atoms with E-state index in [1.807, 2.05) is 12.1 Å². The summed E-state index contributed by atoms with van der Waals surface area (Å²) in [4.78, 5) is 2.53. The van der Waals surface area contributed by atoms with Crippen LogP contribution in [-0.4, -0.2) is 37.7 Å². The van der Waals surface area contributed by atoms with Crippen LogP contribution < -0.4 is 10.1 Å². The van der Waals surface area contributed by atoms with E-state index < -0.39 is 0 Å². The maximum Gasteiger partial charge on any atom is 0.123 e. The van der Waals surface area contributed by atoms with Crippen molar-refractivity contribution in [2.45, 2.75) is 25.9 Å². The number of hydrogen-bond acceptors (Lipinski definition) is 3. The number of benzene rings is 1. The molecule has 1 aromatic rings. The molecule has 94 valence electrons. The van der Waals surface area contributed by atoms with Gasteiger partial charge in [0.05, 0.1) is 7.11 Å². The lowest BCUT2D eigenvalue weighted by molar-refractivity contribution is 0.211. The summed E-state index contributed by atoms with van der Waals surface area (Å²) in [5.74, 6) is 0.997. The molecule has 1 saturated heterocycles. The standard InChI is InChI=1S/C14H22N2O/c1-12-10-15-8-5-9-16(12)11-13-6-3-4-7-14(13)17-2/h3-4,6-7,12,15H,5,8-11H2,1-2H3. The van der Waals surface area contributed by atoms with E-state index >= 15 is 0 Å². The fraction of sp³-hybridized carbons (Fsp3) is 0.571. The van der Waals surface area contributed by atoms with Gasteiger partial charge in [-0.1, -0.05) is 18.2 Å². The molecule has 0 aliphatic carbocycles. The molecule has 3 nitrogen and oxygen atoms in total. The molecule has 1 N–H and O–H groups in total. The van der Waals surface area contributed by atoms with Gasteiger partial charge in [-0.15, -0.1) is 0 Å². The fourth-order valence-electron chi connectivity index (χ4n) is 2.35. The van der Waals surface area contributed by atoms with Gasteiger partial charge in [-0.2, -0.15) is 0 Å². The van der Waals surface area contributed by atoms with E-state index in [1.165, 1.54) is 12.0 Å². The van der Waals surface area contributed by atoms with Crippen molar-refractivity contribution in [2.75, 3.05) is 26.7 Å². The number of rotatable bonds is 3. The monoisotopic (exact) mass is 234 g/mol. The first-order chi connectivity index (χ1) is 8.31. The Balaban J connectivity index is 2.07. The van der Waals surface area contributed by atoms with E-state index in [4.69, 9.17) is 4.74 Å². The van der Waals surface area contributed by atoms with E-state index in [0.29, 0.717) is 6.04 Å². The van der Waals surface area contributed by atoms with Gasteiger partial charge in [0, 0.05) is 31.2 Å². The summed E-state index contributed by atoms with van der Waals surface area (Å²) in [5, 5.41) is 3.47. The summed E-state index contributed by atoms with van der Waals surface area (Å²) in [6, 6.07) is 8.89. The van der Waals surface area contributed by atoms with Crippen LogP contribution in [0.25, 0.3) is 0 Å². The molecule has 1 aromatic carbocycles. The topological polar surface area (TPSA) is 24.5 Å². The molecule has 0 bridgehead atoms. The molecule has 1 aliphatic heterocycles. The van der Waals surface area contributed by atoms with Crippen molar-refractivity contribution in [1.82, 2.24) is 10.2 Å². The van der Waals surface area contributed by atoms with Gasteiger partial charge < -0.3 is 10.1 Å². The van der Waals surface area contributed by atoms with Crippen LogP contribution in [0.1, 0.15) is 18.9 Å². The molecule has 1 unspecified atom stereocenters. The van der Waals surface area contributed by atoms with Crippen LogP contribution in [0.4, 0.5) is 0 Å². The summed E-state index contributed by atoms with van der Waals surface area (Å²) in [6.45, 7) is 6.63. The SMILES string of the molecule is COc1ccccc1CN1CCCNCC1C. The van der Waals surface area contributed by atoms with Gasteiger partial charge in [0.25, 0.3) is 0 Å². The Kier molecular flexibility index (Phi) is 4.40. The second kappa shape index (κ2) is 6.03. The van der Waals surface area contributed by atoms with Crippen molar-refractivity contribution in [3.8, 4) is 5.75 Å². The third kappa shape index (κ3) is 3.20. The molecule has 1 fully saturated rings. The highest BCUT2D eigenvalue weighted by Crippen LogP contribution is 2.20. The van der Waals surface area contributed by atoms with Gasteiger partial charge in [-0.25, -0.2) is 0 Å². The number of para-hydroxylation sites is 1. The molecule has 0 radical (unpaired) electrons. The van der Waals surface area contributed by atoms with E-state index in [2.05, 4.69) is 29.3 Å². The first kappa shape index (κ1) is 12.4. The summed E-state index contributed by atoms with van der Waals surface area (Å²) in [5.41, 5.74) is 1.28. The first-order valence-corrected chi connectivity index (χ1v) is 6.38. The van der Waals surface area contributed by atoms with Crippen molar-refractivity contribution in [1.29, 1.82) is 0 Å². The van der Waals surface area contributed by atoms with Crippen molar-refractivity contribution in [2.24, 2.45) is 0 Å². The Morgan fingerprint density at radius 1 is 1.41 bits per heavy atom. The van der Waals surface area contributed by atoms with Crippen molar-refractivity contribution >= 4 is 0 Å². The smallest absolute Gasteiger partial charge is 0.123 e. The molecule has 0 amide bonds. The summed E-state index contributed by atoms with van der Waals surface area (Å²) < 4.78 is 5.41. The first-order valence-electron chi connectivity index (χ1n) is 6.38. The number of methoxy groups -OCH3 is 1. The summed E-state index contributed by atoms with van der Waals surface area (Å²) in [7, 11) is 1.74. The van der Waals surface area contributed by atoms with Gasteiger partial charge in [0.2, 0.25) is 0 Å². The van der Waals surface area contributed by atoms with Crippen LogP contribution >= 0.6 is 0 Å². The predicted octanol–water partition coefficient (Wildman–Crippen LogP) is 1.88. The van der Waals surface area contributed by atoms with Crippen LogP contribution in [-0.2, 0) is 6.54 Å². The second-order valence-electron chi connectivity index (χ2n) is 4.69. The van der Waals surface area contributed by atoms with Gasteiger partial charge in [0.1, 0.15) is 5.75 Å². The van der Waals surface area contributed by atoms with Gasteiger partial charge >= 0.3 is 0 Å². The number of ether oxygens (including phenoxy) is 1. The largest absolute Gasteiger partial charge is 0.496 e. The quantitative estimate of drug-likeness (QED) is 0.864. The fourth-order valence-corrected chi connectivity index (χ4v) is 2.35. The van der Waals surface area contributed by atoms with Crippen molar-refractivity contribution in [3.63, 3.8) is 0 Å². The normalized spacial score (nSPS) is 22.1. The van der Waals surface area contributed by atoms with Crippen LogP contribution in [0, 0.1) is 0 Å². The lowest BCUT2D eigenvalue weighted by Gasteiger charge is -2.27. The van der Waals surface area contributed by atoms with Crippen LogP contribution in [0.2, 0.25) is 0 Å². The lowest BCUT2D eigenvalue weighted by Crippen LogP contribution is -2.36. The average Bonchev–Trinajstić information content (AvgIpc) is 2.56. The van der Waals surface area contributed by atoms with Crippen LogP contribution in [0.5, 0.6) is 5.75 Å². The highest BCUT2D eigenvalue weighted by atomic mass is 16.5. The lowest BCUT2D eigenvalue weighted by atomic mass is 10.1. The van der Waals surface area contributed by atoms with Crippen molar-refractivity contribution < 1.29 is 4.74 Å². The van der Waals surface area contributed by atoms with E-state index in [1.54, 1.807) is 7.11 Å². The van der Waals surface area contributed by atoms with Crippen LogP contribution in [0.3, 0.4) is 0 Å². The molecule has 0 spiro atoms. The molecule has 17 heavy (non-hydrogen) atoms. The maximum absolute atomic E-state index is 5.41. The number of nitrogens with one attached hydrogen (secondary N) is 1. The third-order valence-corrected chi connectivity index (χ3v) is 3.43. The predicted molar refractivity (Wildman–Crippen MR) is 70.4 cm³/mol.